The van der Waals surface area contributed by atoms with Crippen LogP contribution in [0.3, 0.4) is 0 Å². The smallest absolute Gasteiger partial charge is 0.319 e. The lowest BCUT2D eigenvalue weighted by atomic mass is 10.1. The highest BCUT2D eigenvalue weighted by atomic mass is 16.4. The first kappa shape index (κ1) is 14.8. The van der Waals surface area contributed by atoms with Gasteiger partial charge in [-0.3, -0.25) is 15.0 Å². The van der Waals surface area contributed by atoms with E-state index in [1.165, 1.54) is 0 Å². The first-order chi connectivity index (χ1) is 7.45. The van der Waals surface area contributed by atoms with Crippen LogP contribution in [-0.4, -0.2) is 47.3 Å². The number of rotatable bonds is 8. The van der Waals surface area contributed by atoms with Gasteiger partial charge in [0.05, 0.1) is 6.10 Å². The van der Waals surface area contributed by atoms with Gasteiger partial charge in [-0.1, -0.05) is 0 Å². The minimum Gasteiger partial charge on any atom is -0.480 e. The van der Waals surface area contributed by atoms with Gasteiger partial charge in [0.25, 0.3) is 0 Å². The van der Waals surface area contributed by atoms with Gasteiger partial charge in [0, 0.05) is 19.0 Å². The van der Waals surface area contributed by atoms with E-state index >= 15 is 0 Å². The van der Waals surface area contributed by atoms with Crippen LogP contribution in [0.1, 0.15) is 12.8 Å². The molecular formula is C8H18N4O4. The number of carboxylic acid groups (broad SMARTS) is 1. The fourth-order valence-electron chi connectivity index (χ4n) is 1.04. The number of aliphatic hydroxyl groups is 1. The minimum absolute atomic E-state index is 0.0102. The maximum Gasteiger partial charge on any atom is 0.319 e. The van der Waals surface area contributed by atoms with Crippen molar-refractivity contribution in [2.75, 3.05) is 13.1 Å². The zero-order valence-corrected chi connectivity index (χ0v) is 8.85. The third kappa shape index (κ3) is 8.12. The summed E-state index contributed by atoms with van der Waals surface area (Å²) in [6, 6.07) is -0.509. The summed E-state index contributed by atoms with van der Waals surface area (Å²) < 4.78 is 0. The van der Waals surface area contributed by atoms with Gasteiger partial charge in [0.1, 0.15) is 6.54 Å². The molecule has 0 aromatic carbocycles. The summed E-state index contributed by atoms with van der Waals surface area (Å²) in [6.07, 6.45) is -0.512. The molecule has 1 amide bonds. The molecule has 0 spiro atoms. The average molecular weight is 234 g/mol. The number of hydrogen-bond acceptors (Lipinski definition) is 6. The highest BCUT2D eigenvalue weighted by molar-refractivity contribution is 5.76. The molecule has 0 aromatic rings. The number of carbonyl (C=O) groups excluding carboxylic acids is 1. The normalized spacial score (nSPS) is 14.2. The van der Waals surface area contributed by atoms with Crippen LogP contribution in [0.4, 0.5) is 0 Å². The summed E-state index contributed by atoms with van der Waals surface area (Å²) >= 11 is 0. The zero-order chi connectivity index (χ0) is 12.6. The molecule has 8 nitrogen and oxygen atoms in total. The largest absolute Gasteiger partial charge is 0.480 e. The Labute approximate surface area is 93.0 Å². The fourth-order valence-corrected chi connectivity index (χ4v) is 1.04. The number of aliphatic carboxylic acids is 1. The zero-order valence-electron chi connectivity index (χ0n) is 8.85. The topological polar surface area (TPSA) is 151 Å². The van der Waals surface area contributed by atoms with Crippen LogP contribution >= 0.6 is 0 Å². The van der Waals surface area contributed by atoms with E-state index in [4.69, 9.17) is 21.7 Å². The molecule has 8 heteroatoms. The Bertz CT molecular complexity index is 236. The van der Waals surface area contributed by atoms with E-state index in [-0.39, 0.29) is 25.9 Å². The Morgan fingerprint density at radius 1 is 1.38 bits per heavy atom. The van der Waals surface area contributed by atoms with E-state index in [1.54, 1.807) is 0 Å². The van der Waals surface area contributed by atoms with Gasteiger partial charge in [-0.05, 0) is 6.42 Å². The second kappa shape index (κ2) is 7.99. The Kier molecular flexibility index (Phi) is 7.38. The van der Waals surface area contributed by atoms with E-state index in [2.05, 4.69) is 10.9 Å². The van der Waals surface area contributed by atoms with E-state index in [1.807, 2.05) is 0 Å². The lowest BCUT2D eigenvalue weighted by molar-refractivity contribution is -0.136. The standard InChI is InChI=1S/C8H18N4O4/c9-3-6(13)1-5(10)2-7(14)12-11-4-8(15)16/h5-6,11,13H,1-4,9-10H2,(H,12,14)(H,15,16)/t5-,6-/m1/s1. The molecule has 0 aliphatic carbocycles. The fraction of sp³-hybridized carbons (Fsp3) is 0.750. The molecule has 2 atom stereocenters. The van der Waals surface area contributed by atoms with Crippen LogP contribution in [-0.2, 0) is 9.59 Å². The molecule has 0 unspecified atom stereocenters. The van der Waals surface area contributed by atoms with Crippen molar-refractivity contribution in [3.8, 4) is 0 Å². The monoisotopic (exact) mass is 234 g/mol. The van der Waals surface area contributed by atoms with Gasteiger partial charge >= 0.3 is 5.97 Å². The van der Waals surface area contributed by atoms with Crippen molar-refractivity contribution < 1.29 is 19.8 Å². The van der Waals surface area contributed by atoms with E-state index in [0.29, 0.717) is 0 Å². The van der Waals surface area contributed by atoms with Crippen LogP contribution in [0.15, 0.2) is 0 Å². The molecule has 0 aliphatic heterocycles. The van der Waals surface area contributed by atoms with Gasteiger partial charge in [0.15, 0.2) is 0 Å². The van der Waals surface area contributed by atoms with E-state index in [0.717, 1.165) is 0 Å². The van der Waals surface area contributed by atoms with Crippen molar-refractivity contribution in [1.82, 2.24) is 10.9 Å². The second-order valence-electron chi connectivity index (χ2n) is 3.38. The number of nitrogens with two attached hydrogens (primary N) is 2. The average Bonchev–Trinajstić information content (AvgIpc) is 2.16. The molecule has 94 valence electrons. The Morgan fingerprint density at radius 3 is 2.50 bits per heavy atom. The van der Waals surface area contributed by atoms with Crippen molar-refractivity contribution >= 4 is 11.9 Å². The summed E-state index contributed by atoms with van der Waals surface area (Å²) in [7, 11) is 0. The molecule has 0 aromatic heterocycles. The van der Waals surface area contributed by atoms with Crippen molar-refractivity contribution in [1.29, 1.82) is 0 Å². The summed E-state index contributed by atoms with van der Waals surface area (Å²) in [5.74, 6) is -1.51. The van der Waals surface area contributed by atoms with Crippen LogP contribution in [0.2, 0.25) is 0 Å². The van der Waals surface area contributed by atoms with Gasteiger partial charge < -0.3 is 21.7 Å². The molecule has 0 aliphatic rings. The molecular weight excluding hydrogens is 216 g/mol. The predicted octanol–water partition coefficient (Wildman–Crippen LogP) is -2.88. The predicted molar refractivity (Wildman–Crippen MR) is 56.1 cm³/mol. The van der Waals surface area contributed by atoms with Crippen LogP contribution in [0.5, 0.6) is 0 Å². The van der Waals surface area contributed by atoms with Gasteiger partial charge in [-0.25, -0.2) is 5.43 Å². The first-order valence-electron chi connectivity index (χ1n) is 4.83. The molecule has 0 radical (unpaired) electrons. The van der Waals surface area contributed by atoms with E-state index in [9.17, 15) is 9.59 Å². The van der Waals surface area contributed by atoms with Crippen molar-refractivity contribution in [3.05, 3.63) is 0 Å². The number of amides is 1. The molecule has 16 heavy (non-hydrogen) atoms. The molecule has 0 fully saturated rings. The lowest BCUT2D eigenvalue weighted by Crippen LogP contribution is -2.43. The van der Waals surface area contributed by atoms with Gasteiger partial charge in [0.2, 0.25) is 5.91 Å². The summed E-state index contributed by atoms with van der Waals surface area (Å²) in [6.45, 7) is -0.279. The Hall–Kier alpha value is -1.22. The third-order valence-electron chi connectivity index (χ3n) is 1.76. The second-order valence-corrected chi connectivity index (χ2v) is 3.38. The SMILES string of the molecule is NC[C@H](O)C[C@@H](N)CC(=O)NNCC(=O)O. The highest BCUT2D eigenvalue weighted by Gasteiger charge is 2.13. The number of carbonyl (C=O) groups is 2. The number of hydrazine groups is 1. The Morgan fingerprint density at radius 2 is 2.00 bits per heavy atom. The molecule has 0 saturated carbocycles. The maximum absolute atomic E-state index is 11.1. The molecule has 0 saturated heterocycles. The molecule has 8 N–H and O–H groups in total. The van der Waals surface area contributed by atoms with Gasteiger partial charge in [-0.15, -0.1) is 0 Å². The minimum atomic E-state index is -1.08. The first-order valence-corrected chi connectivity index (χ1v) is 4.83. The summed E-state index contributed by atoms with van der Waals surface area (Å²) in [4.78, 5) is 21.2. The van der Waals surface area contributed by atoms with Crippen LogP contribution in [0, 0.1) is 0 Å². The molecule has 0 heterocycles. The maximum atomic E-state index is 11.1. The van der Waals surface area contributed by atoms with E-state index < -0.39 is 24.0 Å². The molecule has 0 bridgehead atoms. The lowest BCUT2D eigenvalue weighted by Gasteiger charge is -2.14. The Balaban J connectivity index is 3.65. The quantitative estimate of drug-likeness (QED) is 0.247. The number of carboxylic acids is 1. The highest BCUT2D eigenvalue weighted by Crippen LogP contribution is 1.98. The van der Waals surface area contributed by atoms with Crippen LogP contribution < -0.4 is 22.3 Å². The number of aliphatic hydroxyl groups excluding tert-OH is 1. The third-order valence-corrected chi connectivity index (χ3v) is 1.76. The van der Waals surface area contributed by atoms with Crippen LogP contribution in [0.25, 0.3) is 0 Å². The number of hydrogen-bond donors (Lipinski definition) is 6. The summed E-state index contributed by atoms with van der Waals surface area (Å²) in [5.41, 5.74) is 15.1. The summed E-state index contributed by atoms with van der Waals surface area (Å²) in [5, 5.41) is 17.4. The molecule has 0 rings (SSSR count). The van der Waals surface area contributed by atoms with Crippen molar-refractivity contribution in [2.45, 2.75) is 25.0 Å². The van der Waals surface area contributed by atoms with Crippen molar-refractivity contribution in [3.63, 3.8) is 0 Å². The van der Waals surface area contributed by atoms with Crippen molar-refractivity contribution in [2.24, 2.45) is 11.5 Å². The van der Waals surface area contributed by atoms with Gasteiger partial charge in [-0.2, -0.15) is 0 Å². The number of nitrogens with one attached hydrogen (secondary N) is 2.